The number of carboxylic acids is 1. The van der Waals surface area contributed by atoms with E-state index < -0.39 is 26.6 Å². The Morgan fingerprint density at radius 1 is 1.41 bits per heavy atom. The van der Waals surface area contributed by atoms with Gasteiger partial charge in [0.1, 0.15) is 4.90 Å². The molecule has 0 amide bonds. The largest absolute Gasteiger partial charge is 0.478 e. The fraction of sp³-hybridized carbons (Fsp3) is 0.222. The first-order chi connectivity index (χ1) is 7.81. The molecule has 94 valence electrons. The van der Waals surface area contributed by atoms with Gasteiger partial charge in [-0.25, -0.2) is 17.9 Å². The number of hydrogen-bond acceptors (Lipinski definition) is 3. The van der Waals surface area contributed by atoms with E-state index in [9.17, 15) is 13.2 Å². The molecule has 0 fully saturated rings. The summed E-state index contributed by atoms with van der Waals surface area (Å²) in [6.45, 7) is 1.77. The second kappa shape index (κ2) is 5.22. The van der Waals surface area contributed by atoms with Crippen LogP contribution in [0.1, 0.15) is 17.3 Å². The number of hydrogen-bond donors (Lipinski definition) is 2. The maximum Gasteiger partial charge on any atom is 0.338 e. The predicted octanol–water partition coefficient (Wildman–Crippen LogP) is 1.99. The van der Waals surface area contributed by atoms with E-state index in [0.29, 0.717) is 0 Å². The van der Waals surface area contributed by atoms with Gasteiger partial charge in [-0.05, 0) is 12.1 Å². The van der Waals surface area contributed by atoms with Gasteiger partial charge in [-0.15, -0.1) is 0 Å². The maximum absolute atomic E-state index is 11.7. The highest BCUT2D eigenvalue weighted by molar-refractivity contribution is 7.89. The molecule has 0 aliphatic heterocycles. The van der Waals surface area contributed by atoms with Gasteiger partial charge in [0.2, 0.25) is 10.0 Å². The molecule has 1 rings (SSSR count). The van der Waals surface area contributed by atoms with Crippen LogP contribution in [0.4, 0.5) is 0 Å². The molecule has 1 aromatic carbocycles. The number of rotatable bonds is 4. The van der Waals surface area contributed by atoms with Crippen LogP contribution in [-0.4, -0.2) is 26.0 Å². The third-order valence-electron chi connectivity index (χ3n) is 1.89. The Morgan fingerprint density at radius 3 is 2.47 bits per heavy atom. The molecule has 0 unspecified atom stereocenters. The Kier molecular flexibility index (Phi) is 4.37. The normalized spacial score (nSPS) is 11.5. The zero-order chi connectivity index (χ0) is 13.2. The lowest BCUT2D eigenvalue weighted by Crippen LogP contribution is -2.24. The fourth-order valence-electron chi connectivity index (χ4n) is 1.20. The Bertz CT molecular complexity index is 556. The Labute approximate surface area is 108 Å². The van der Waals surface area contributed by atoms with E-state index in [4.69, 9.17) is 28.3 Å². The molecular formula is C9H9Cl2NO4S. The average molecular weight is 298 g/mol. The van der Waals surface area contributed by atoms with Crippen LogP contribution < -0.4 is 4.72 Å². The Hall–Kier alpha value is -0.820. The molecule has 0 bridgehead atoms. The zero-order valence-electron chi connectivity index (χ0n) is 8.70. The second-order valence-corrected chi connectivity index (χ2v) is 5.56. The number of benzene rings is 1. The van der Waals surface area contributed by atoms with Crippen LogP contribution in [-0.2, 0) is 10.0 Å². The highest BCUT2D eigenvalue weighted by atomic mass is 35.5. The van der Waals surface area contributed by atoms with Gasteiger partial charge < -0.3 is 5.11 Å². The van der Waals surface area contributed by atoms with Crippen molar-refractivity contribution in [2.45, 2.75) is 11.8 Å². The Balaban J connectivity index is 3.49. The maximum atomic E-state index is 11.7. The van der Waals surface area contributed by atoms with Gasteiger partial charge in [-0.3, -0.25) is 0 Å². The summed E-state index contributed by atoms with van der Waals surface area (Å²) >= 11 is 11.4. The first-order valence-corrected chi connectivity index (χ1v) is 6.76. The predicted molar refractivity (Wildman–Crippen MR) is 64.3 cm³/mol. The summed E-state index contributed by atoms with van der Waals surface area (Å²) in [5.74, 6) is -1.38. The van der Waals surface area contributed by atoms with E-state index in [2.05, 4.69) is 4.72 Å². The Morgan fingerprint density at radius 2 is 2.00 bits per heavy atom. The quantitative estimate of drug-likeness (QED) is 0.890. The molecule has 0 radical (unpaired) electrons. The topological polar surface area (TPSA) is 83.5 Å². The van der Waals surface area contributed by atoms with Crippen LogP contribution in [0.25, 0.3) is 0 Å². The van der Waals surface area contributed by atoms with E-state index in [1.165, 1.54) is 6.07 Å². The minimum absolute atomic E-state index is 0.113. The van der Waals surface area contributed by atoms with E-state index in [1.807, 2.05) is 0 Å². The molecular weight excluding hydrogens is 289 g/mol. The summed E-state index contributed by atoms with van der Waals surface area (Å²) in [5.41, 5.74) is -0.424. The zero-order valence-corrected chi connectivity index (χ0v) is 11.0. The van der Waals surface area contributed by atoms with E-state index in [-0.39, 0.29) is 16.5 Å². The molecule has 0 spiro atoms. The van der Waals surface area contributed by atoms with E-state index >= 15 is 0 Å². The summed E-state index contributed by atoms with van der Waals surface area (Å²) in [6, 6.07) is 2.34. The molecule has 17 heavy (non-hydrogen) atoms. The molecule has 8 heteroatoms. The van der Waals surface area contributed by atoms with Crippen molar-refractivity contribution in [3.63, 3.8) is 0 Å². The summed E-state index contributed by atoms with van der Waals surface area (Å²) in [5, 5.41) is 8.37. The number of carboxylic acid groups (broad SMARTS) is 1. The first kappa shape index (κ1) is 14.2. The third kappa shape index (κ3) is 2.90. The minimum atomic E-state index is -3.82. The summed E-state index contributed by atoms with van der Waals surface area (Å²) in [4.78, 5) is 10.6. The summed E-state index contributed by atoms with van der Waals surface area (Å²) in [6.07, 6.45) is 0. The monoisotopic (exact) mass is 297 g/mol. The third-order valence-corrected chi connectivity index (χ3v) is 4.30. The molecule has 0 aliphatic rings. The summed E-state index contributed by atoms with van der Waals surface area (Å²) < 4.78 is 25.6. The smallest absolute Gasteiger partial charge is 0.338 e. The van der Waals surface area contributed by atoms with Gasteiger partial charge in [0.15, 0.2) is 0 Å². The SMILES string of the molecule is CCNS(=O)(=O)c1ccc(Cl)c(C(=O)O)c1Cl. The minimum Gasteiger partial charge on any atom is -0.478 e. The number of halogens is 2. The van der Waals surface area contributed by atoms with Crippen LogP contribution in [0.15, 0.2) is 17.0 Å². The second-order valence-electron chi connectivity index (χ2n) is 3.04. The first-order valence-electron chi connectivity index (χ1n) is 4.52. The molecule has 5 nitrogen and oxygen atoms in total. The number of sulfonamides is 1. The summed E-state index contributed by atoms with van der Waals surface area (Å²) in [7, 11) is -3.82. The molecule has 1 aromatic rings. The molecule has 0 aromatic heterocycles. The van der Waals surface area contributed by atoms with Gasteiger partial charge in [-0.1, -0.05) is 30.1 Å². The van der Waals surface area contributed by atoms with Crippen LogP contribution in [0.3, 0.4) is 0 Å². The highest BCUT2D eigenvalue weighted by Gasteiger charge is 2.23. The molecule has 0 atom stereocenters. The molecule has 0 aliphatic carbocycles. The van der Waals surface area contributed by atoms with Crippen molar-refractivity contribution in [1.29, 1.82) is 0 Å². The van der Waals surface area contributed by atoms with Crippen molar-refractivity contribution in [2.75, 3.05) is 6.54 Å². The van der Waals surface area contributed by atoms with Crippen molar-refractivity contribution in [3.8, 4) is 0 Å². The van der Waals surface area contributed by atoms with Crippen molar-refractivity contribution >= 4 is 39.2 Å². The van der Waals surface area contributed by atoms with E-state index in [1.54, 1.807) is 6.92 Å². The van der Waals surface area contributed by atoms with Gasteiger partial charge in [0.05, 0.1) is 15.6 Å². The molecule has 0 saturated carbocycles. The lowest BCUT2D eigenvalue weighted by molar-refractivity contribution is 0.0697. The number of carbonyl (C=O) groups is 1. The number of nitrogens with one attached hydrogen (secondary N) is 1. The molecule has 0 heterocycles. The van der Waals surface area contributed by atoms with Gasteiger partial charge in [-0.2, -0.15) is 0 Å². The number of aromatic carboxylic acids is 1. The van der Waals surface area contributed by atoms with Crippen molar-refractivity contribution in [2.24, 2.45) is 0 Å². The lowest BCUT2D eigenvalue weighted by atomic mass is 10.2. The van der Waals surface area contributed by atoms with Crippen LogP contribution in [0.2, 0.25) is 10.0 Å². The molecule has 0 saturated heterocycles. The van der Waals surface area contributed by atoms with Crippen molar-refractivity contribution in [3.05, 3.63) is 27.7 Å². The fourth-order valence-corrected chi connectivity index (χ4v) is 3.16. The highest BCUT2D eigenvalue weighted by Crippen LogP contribution is 2.30. The average Bonchev–Trinajstić information content (AvgIpc) is 2.15. The van der Waals surface area contributed by atoms with Crippen LogP contribution >= 0.6 is 23.2 Å². The van der Waals surface area contributed by atoms with Gasteiger partial charge in [0, 0.05) is 6.54 Å². The lowest BCUT2D eigenvalue weighted by Gasteiger charge is -2.09. The standard InChI is InChI=1S/C9H9Cl2NO4S/c1-2-12-17(15,16)6-4-3-5(10)7(8(6)11)9(13)14/h3-4,12H,2H2,1H3,(H,13,14). The van der Waals surface area contributed by atoms with E-state index in [0.717, 1.165) is 6.07 Å². The van der Waals surface area contributed by atoms with Crippen molar-refractivity contribution < 1.29 is 18.3 Å². The van der Waals surface area contributed by atoms with Gasteiger partial charge in [0.25, 0.3) is 0 Å². The van der Waals surface area contributed by atoms with Crippen LogP contribution in [0.5, 0.6) is 0 Å². The van der Waals surface area contributed by atoms with Crippen LogP contribution in [0, 0.1) is 0 Å². The van der Waals surface area contributed by atoms with Crippen molar-refractivity contribution in [1.82, 2.24) is 4.72 Å². The molecule has 2 N–H and O–H groups in total. The van der Waals surface area contributed by atoms with Gasteiger partial charge >= 0.3 is 5.97 Å².